The molecule has 1 amide bonds. The van der Waals surface area contributed by atoms with Crippen molar-refractivity contribution in [1.82, 2.24) is 19.5 Å². The van der Waals surface area contributed by atoms with E-state index >= 15 is 0 Å². The van der Waals surface area contributed by atoms with Crippen molar-refractivity contribution in [3.8, 4) is 0 Å². The van der Waals surface area contributed by atoms with E-state index in [4.69, 9.17) is 22.3 Å². The first-order valence-corrected chi connectivity index (χ1v) is 11.5. The predicted octanol–water partition coefficient (Wildman–Crippen LogP) is 3.51. The molecule has 2 aliphatic carbocycles. The summed E-state index contributed by atoms with van der Waals surface area (Å²) in [6.07, 6.45) is 5.37. The summed E-state index contributed by atoms with van der Waals surface area (Å²) in [5.74, 6) is -0.0651. The number of aliphatic hydroxyl groups is 1. The number of hydrogen-bond acceptors (Lipinski definition) is 7. The summed E-state index contributed by atoms with van der Waals surface area (Å²) >= 11 is 6.24. The number of imidazole rings is 1. The van der Waals surface area contributed by atoms with Gasteiger partial charge in [-0.2, -0.15) is 4.98 Å². The van der Waals surface area contributed by atoms with E-state index in [1.54, 1.807) is 12.3 Å². The number of halogens is 2. The van der Waals surface area contributed by atoms with Crippen molar-refractivity contribution in [2.75, 3.05) is 10.6 Å². The molecule has 5 rings (SSSR count). The molecule has 0 radical (unpaired) electrons. The van der Waals surface area contributed by atoms with Crippen LogP contribution in [0.2, 0.25) is 5.02 Å². The maximum absolute atomic E-state index is 14.5. The molecule has 2 aromatic heterocycles. The molecule has 5 N–H and O–H groups in total. The van der Waals surface area contributed by atoms with Gasteiger partial charge in [0.15, 0.2) is 5.65 Å². The fraction of sp³-hybridized carbons (Fsp3) is 0.455. The lowest BCUT2D eigenvalue weighted by molar-refractivity contribution is -0.122. The number of hydrogen-bond donors (Lipinski definition) is 4. The molecule has 2 aliphatic rings. The van der Waals surface area contributed by atoms with E-state index in [0.29, 0.717) is 61.6 Å². The third kappa shape index (κ3) is 4.32. The van der Waals surface area contributed by atoms with E-state index in [1.165, 1.54) is 12.1 Å². The highest BCUT2D eigenvalue weighted by molar-refractivity contribution is 6.33. The molecule has 33 heavy (non-hydrogen) atoms. The fourth-order valence-electron chi connectivity index (χ4n) is 4.63. The molecule has 0 saturated heterocycles. The molecule has 2 heterocycles. The molecular weight excluding hydrogens is 449 g/mol. The van der Waals surface area contributed by atoms with E-state index in [2.05, 4.69) is 20.6 Å². The highest BCUT2D eigenvalue weighted by atomic mass is 35.5. The molecule has 2 saturated carbocycles. The lowest BCUT2D eigenvalue weighted by atomic mass is 9.85. The number of amides is 1. The molecule has 0 aliphatic heterocycles. The summed E-state index contributed by atoms with van der Waals surface area (Å²) in [4.78, 5) is 25.3. The minimum absolute atomic E-state index is 0.00748. The van der Waals surface area contributed by atoms with Crippen molar-refractivity contribution in [3.63, 3.8) is 0 Å². The van der Waals surface area contributed by atoms with Crippen LogP contribution >= 0.6 is 11.6 Å². The Morgan fingerprint density at radius 3 is 2.64 bits per heavy atom. The smallest absolute Gasteiger partial charge is 0.224 e. The lowest BCUT2D eigenvalue weighted by Crippen LogP contribution is -2.39. The SMILES string of the molecule is NC(=O)[C@H]1CC[C@@H](n2c(Nc3c(F)cccc3Cl)nc3cnc(N[C@H]4C[C@H](O)C4)nc32)CC1. The highest BCUT2D eigenvalue weighted by Crippen LogP contribution is 2.38. The first-order valence-electron chi connectivity index (χ1n) is 11.1. The van der Waals surface area contributed by atoms with Gasteiger partial charge < -0.3 is 21.5 Å². The molecule has 0 atom stereocenters. The van der Waals surface area contributed by atoms with Gasteiger partial charge >= 0.3 is 0 Å². The zero-order valence-electron chi connectivity index (χ0n) is 17.8. The Bertz CT molecular complexity index is 1170. The number of nitrogens with one attached hydrogen (secondary N) is 2. The number of primary amides is 1. The second-order valence-electron chi connectivity index (χ2n) is 8.80. The topological polar surface area (TPSA) is 131 Å². The Labute approximate surface area is 194 Å². The Balaban J connectivity index is 1.52. The molecule has 0 spiro atoms. The third-order valence-corrected chi connectivity index (χ3v) is 6.86. The second-order valence-corrected chi connectivity index (χ2v) is 9.21. The molecule has 0 unspecified atom stereocenters. The number of carbonyl (C=O) groups excluding carboxylic acids is 1. The summed E-state index contributed by atoms with van der Waals surface area (Å²) < 4.78 is 16.4. The molecule has 2 fully saturated rings. The first-order chi connectivity index (χ1) is 15.9. The Hall–Kier alpha value is -2.98. The van der Waals surface area contributed by atoms with Crippen LogP contribution in [0.3, 0.4) is 0 Å². The minimum Gasteiger partial charge on any atom is -0.393 e. The number of fused-ring (bicyclic) bond motifs is 1. The van der Waals surface area contributed by atoms with Gasteiger partial charge in [0.2, 0.25) is 17.8 Å². The van der Waals surface area contributed by atoms with E-state index in [0.717, 1.165) is 0 Å². The van der Waals surface area contributed by atoms with Crippen LogP contribution in [0.4, 0.5) is 22.0 Å². The summed E-state index contributed by atoms with van der Waals surface area (Å²) in [5.41, 5.74) is 6.80. The van der Waals surface area contributed by atoms with Crippen molar-refractivity contribution < 1.29 is 14.3 Å². The zero-order valence-corrected chi connectivity index (χ0v) is 18.6. The zero-order chi connectivity index (χ0) is 23.1. The van der Waals surface area contributed by atoms with Crippen LogP contribution in [0.25, 0.3) is 11.2 Å². The number of aromatic nitrogens is 4. The first kappa shape index (κ1) is 21.8. The number of aliphatic hydroxyl groups excluding tert-OH is 1. The number of anilines is 3. The Kier molecular flexibility index (Phi) is 5.79. The van der Waals surface area contributed by atoms with E-state index in [-0.39, 0.29) is 40.7 Å². The number of para-hydroxylation sites is 1. The van der Waals surface area contributed by atoms with Crippen LogP contribution < -0.4 is 16.4 Å². The van der Waals surface area contributed by atoms with Crippen molar-refractivity contribution in [3.05, 3.63) is 35.2 Å². The van der Waals surface area contributed by atoms with Crippen LogP contribution in [-0.2, 0) is 4.79 Å². The fourth-order valence-corrected chi connectivity index (χ4v) is 4.84. The van der Waals surface area contributed by atoms with Gasteiger partial charge in [-0.25, -0.2) is 14.4 Å². The molecule has 11 heteroatoms. The predicted molar refractivity (Wildman–Crippen MR) is 123 cm³/mol. The van der Waals surface area contributed by atoms with Crippen molar-refractivity contribution >= 4 is 46.3 Å². The van der Waals surface area contributed by atoms with Gasteiger partial charge in [0.25, 0.3) is 0 Å². The Morgan fingerprint density at radius 2 is 1.97 bits per heavy atom. The van der Waals surface area contributed by atoms with Crippen LogP contribution in [0.15, 0.2) is 24.4 Å². The monoisotopic (exact) mass is 473 g/mol. The van der Waals surface area contributed by atoms with Gasteiger partial charge in [-0.15, -0.1) is 0 Å². The summed E-state index contributed by atoms with van der Waals surface area (Å²) in [7, 11) is 0. The number of nitrogens with two attached hydrogens (primary N) is 1. The van der Waals surface area contributed by atoms with Crippen LogP contribution in [0.5, 0.6) is 0 Å². The molecule has 1 aromatic carbocycles. The molecule has 0 bridgehead atoms. The average Bonchev–Trinajstić information content (AvgIpc) is 3.12. The van der Waals surface area contributed by atoms with E-state index < -0.39 is 5.82 Å². The van der Waals surface area contributed by atoms with Crippen molar-refractivity contribution in [2.24, 2.45) is 11.7 Å². The van der Waals surface area contributed by atoms with Gasteiger partial charge in [-0.05, 0) is 50.7 Å². The van der Waals surface area contributed by atoms with Crippen LogP contribution in [0, 0.1) is 11.7 Å². The second kappa shape index (κ2) is 8.75. The largest absolute Gasteiger partial charge is 0.393 e. The van der Waals surface area contributed by atoms with E-state index in [9.17, 15) is 14.3 Å². The van der Waals surface area contributed by atoms with Gasteiger partial charge in [0, 0.05) is 18.0 Å². The average molecular weight is 474 g/mol. The highest BCUT2D eigenvalue weighted by Gasteiger charge is 2.30. The lowest BCUT2D eigenvalue weighted by Gasteiger charge is -2.32. The number of carbonyl (C=O) groups is 1. The van der Waals surface area contributed by atoms with Gasteiger partial charge in [0.1, 0.15) is 11.3 Å². The van der Waals surface area contributed by atoms with Crippen LogP contribution in [0.1, 0.15) is 44.6 Å². The molecule has 174 valence electrons. The van der Waals surface area contributed by atoms with Gasteiger partial charge in [0.05, 0.1) is 23.0 Å². The van der Waals surface area contributed by atoms with Gasteiger partial charge in [-0.1, -0.05) is 17.7 Å². The molecule has 9 nitrogen and oxygen atoms in total. The molecular formula is C22H25ClFN7O2. The Morgan fingerprint density at radius 1 is 1.21 bits per heavy atom. The summed E-state index contributed by atoms with van der Waals surface area (Å²) in [6, 6.07) is 4.58. The van der Waals surface area contributed by atoms with Crippen LogP contribution in [-0.4, -0.2) is 42.7 Å². The standard InChI is InChI=1S/C22H25ClFN7O2/c23-15-2-1-3-16(24)18(15)29-22-28-17-10-26-21(27-12-8-14(32)9-12)30-20(17)31(22)13-6-4-11(5-7-13)19(25)33/h1-3,10-14,32H,4-9H2,(H2,25,33)(H,28,29)(H,26,27,30)/t11-,12-,13+,14-. The maximum atomic E-state index is 14.5. The molecule has 3 aromatic rings. The maximum Gasteiger partial charge on any atom is 0.224 e. The summed E-state index contributed by atoms with van der Waals surface area (Å²) in [5, 5.41) is 16.1. The normalized spacial score (nSPS) is 24.9. The minimum atomic E-state index is -0.490. The number of benzene rings is 1. The quantitative estimate of drug-likeness (QED) is 0.430. The van der Waals surface area contributed by atoms with E-state index in [1.807, 2.05) is 4.57 Å². The third-order valence-electron chi connectivity index (χ3n) is 6.54. The summed E-state index contributed by atoms with van der Waals surface area (Å²) in [6.45, 7) is 0. The van der Waals surface area contributed by atoms with Gasteiger partial charge in [-0.3, -0.25) is 9.36 Å². The van der Waals surface area contributed by atoms with Crippen molar-refractivity contribution in [1.29, 1.82) is 0 Å². The van der Waals surface area contributed by atoms with Crippen molar-refractivity contribution in [2.45, 2.75) is 56.7 Å². The number of rotatable bonds is 6. The number of nitrogens with zero attached hydrogens (tertiary/aromatic N) is 4.